The average Bonchev–Trinajstić information content (AvgIpc) is 3.10. The third-order valence-corrected chi connectivity index (χ3v) is 5.73. The van der Waals surface area contributed by atoms with Crippen LogP contribution < -0.4 is 5.32 Å². The van der Waals surface area contributed by atoms with Gasteiger partial charge in [0, 0.05) is 29.8 Å². The van der Waals surface area contributed by atoms with E-state index in [1.165, 1.54) is 17.4 Å². The molecule has 0 unspecified atom stereocenters. The lowest BCUT2D eigenvalue weighted by Crippen LogP contribution is -2.01. The zero-order valence-electron chi connectivity index (χ0n) is 16.8. The molecule has 0 aliphatic rings. The number of Topliss-reactive ketones (excluding diaryl/α,β-unsaturated/α-hetero) is 1. The molecule has 0 saturated carbocycles. The van der Waals surface area contributed by atoms with E-state index in [0.29, 0.717) is 29.4 Å². The molecule has 0 aliphatic heterocycles. The van der Waals surface area contributed by atoms with Gasteiger partial charge in [0.1, 0.15) is 11.5 Å². The number of aromatic nitrogens is 1. The Bertz CT molecular complexity index is 1020. The first-order valence-electron chi connectivity index (χ1n) is 9.90. The maximum absolute atomic E-state index is 14.2. The van der Waals surface area contributed by atoms with Crippen LogP contribution in [0.3, 0.4) is 0 Å². The highest BCUT2D eigenvalue weighted by molar-refractivity contribution is 7.16. The quantitative estimate of drug-likeness (QED) is 0.391. The zero-order valence-corrected chi connectivity index (χ0v) is 17.6. The van der Waals surface area contributed by atoms with Gasteiger partial charge in [-0.25, -0.2) is 13.8 Å². The van der Waals surface area contributed by atoms with Crippen molar-refractivity contribution in [3.05, 3.63) is 64.5 Å². The number of carbonyl (C=O) groups is 1. The molecule has 2 N–H and O–H groups in total. The number of unbranched alkanes of at least 4 members (excludes halogenated alkanes) is 2. The van der Waals surface area contributed by atoms with Crippen molar-refractivity contribution in [2.75, 3.05) is 11.9 Å². The van der Waals surface area contributed by atoms with Crippen LogP contribution in [0.1, 0.15) is 43.0 Å². The lowest BCUT2D eigenvalue weighted by molar-refractivity contribution is -0.117. The highest BCUT2D eigenvalue weighted by Gasteiger charge is 2.18. The fraction of sp³-hybridized carbons (Fsp3) is 0.304. The van der Waals surface area contributed by atoms with Crippen molar-refractivity contribution in [3.63, 3.8) is 0 Å². The number of nitrogens with one attached hydrogen (secondary N) is 1. The number of nitrogens with zero attached hydrogens (tertiary/aromatic N) is 1. The summed E-state index contributed by atoms with van der Waals surface area (Å²) >= 11 is 1.36. The molecule has 0 atom stereocenters. The second-order valence-corrected chi connectivity index (χ2v) is 8.22. The van der Waals surface area contributed by atoms with Gasteiger partial charge in [-0.15, -0.1) is 11.3 Å². The Hall–Kier alpha value is -2.80. The summed E-state index contributed by atoms with van der Waals surface area (Å²) < 4.78 is 27.8. The molecule has 0 saturated heterocycles. The van der Waals surface area contributed by atoms with E-state index in [1.807, 2.05) is 0 Å². The first kappa shape index (κ1) is 21.9. The highest BCUT2D eigenvalue weighted by Crippen LogP contribution is 2.37. The Morgan fingerprint density at radius 1 is 1.10 bits per heavy atom. The molecular formula is C23H24F2N2O2S. The van der Waals surface area contributed by atoms with Gasteiger partial charge in [0.15, 0.2) is 16.8 Å². The van der Waals surface area contributed by atoms with Gasteiger partial charge in [-0.1, -0.05) is 30.7 Å². The molecule has 3 rings (SSSR count). The molecule has 0 fully saturated rings. The number of aromatic hydroxyl groups is 1. The molecule has 0 bridgehead atoms. The molecule has 0 amide bonds. The summed E-state index contributed by atoms with van der Waals surface area (Å²) in [7, 11) is 0. The van der Waals surface area contributed by atoms with Crippen LogP contribution in [0, 0.1) is 11.6 Å². The Kier molecular flexibility index (Phi) is 7.52. The molecule has 7 heteroatoms. The lowest BCUT2D eigenvalue weighted by Gasteiger charge is -2.06. The van der Waals surface area contributed by atoms with E-state index in [0.717, 1.165) is 30.2 Å². The van der Waals surface area contributed by atoms with Gasteiger partial charge >= 0.3 is 0 Å². The second-order valence-electron chi connectivity index (χ2n) is 7.14. The number of para-hydroxylation sites is 1. The number of halogens is 2. The summed E-state index contributed by atoms with van der Waals surface area (Å²) in [5, 5.41) is 14.2. The molecule has 2 aromatic carbocycles. The Balaban J connectivity index is 1.79. The first-order valence-corrected chi connectivity index (χ1v) is 10.7. The maximum Gasteiger partial charge on any atom is 0.183 e. The molecule has 30 heavy (non-hydrogen) atoms. The van der Waals surface area contributed by atoms with E-state index in [9.17, 15) is 18.7 Å². The number of anilines is 1. The van der Waals surface area contributed by atoms with Crippen molar-refractivity contribution in [2.24, 2.45) is 0 Å². The number of phenolic OH excluding ortho intramolecular Hbond substituents is 1. The van der Waals surface area contributed by atoms with Crippen LogP contribution in [0.25, 0.3) is 11.3 Å². The fourth-order valence-corrected chi connectivity index (χ4v) is 4.18. The number of hydrogen-bond acceptors (Lipinski definition) is 5. The topological polar surface area (TPSA) is 62.2 Å². The summed E-state index contributed by atoms with van der Waals surface area (Å²) in [6.45, 7) is 2.29. The average molecular weight is 431 g/mol. The fourth-order valence-electron chi connectivity index (χ4n) is 3.16. The van der Waals surface area contributed by atoms with Gasteiger partial charge in [-0.3, -0.25) is 0 Å². The Morgan fingerprint density at radius 2 is 1.90 bits per heavy atom. The van der Waals surface area contributed by atoms with E-state index < -0.39 is 11.6 Å². The Morgan fingerprint density at radius 3 is 2.67 bits per heavy atom. The molecule has 158 valence electrons. The number of rotatable bonds is 10. The van der Waals surface area contributed by atoms with Crippen molar-refractivity contribution in [1.82, 2.24) is 4.98 Å². The summed E-state index contributed by atoms with van der Waals surface area (Å²) in [5.41, 5.74) is 1.35. The third-order valence-electron chi connectivity index (χ3n) is 4.72. The van der Waals surface area contributed by atoms with Crippen LogP contribution in [-0.4, -0.2) is 22.4 Å². The van der Waals surface area contributed by atoms with Crippen molar-refractivity contribution in [2.45, 2.75) is 39.0 Å². The van der Waals surface area contributed by atoms with Crippen molar-refractivity contribution >= 4 is 22.3 Å². The van der Waals surface area contributed by atoms with Gasteiger partial charge in [-0.05, 0) is 43.5 Å². The minimum atomic E-state index is -0.884. The smallest absolute Gasteiger partial charge is 0.183 e. The van der Waals surface area contributed by atoms with Crippen molar-refractivity contribution < 1.29 is 18.7 Å². The monoisotopic (exact) mass is 430 g/mol. The van der Waals surface area contributed by atoms with Gasteiger partial charge in [0.25, 0.3) is 0 Å². The minimum absolute atomic E-state index is 0.0829. The van der Waals surface area contributed by atoms with Crippen LogP contribution in [0.5, 0.6) is 5.75 Å². The zero-order chi connectivity index (χ0) is 21.5. The summed E-state index contributed by atoms with van der Waals surface area (Å²) in [6.07, 6.45) is 3.46. The minimum Gasteiger partial charge on any atom is -0.507 e. The molecule has 0 aliphatic carbocycles. The van der Waals surface area contributed by atoms with E-state index in [4.69, 9.17) is 0 Å². The van der Waals surface area contributed by atoms with E-state index >= 15 is 0 Å². The molecular weight excluding hydrogens is 406 g/mol. The second kappa shape index (κ2) is 10.3. The predicted molar refractivity (Wildman–Crippen MR) is 116 cm³/mol. The highest BCUT2D eigenvalue weighted by atomic mass is 32.1. The van der Waals surface area contributed by atoms with Gasteiger partial charge in [-0.2, -0.15) is 0 Å². The van der Waals surface area contributed by atoms with E-state index in [-0.39, 0.29) is 23.5 Å². The number of ketones is 1. The predicted octanol–water partition coefficient (Wildman–Crippen LogP) is 5.95. The van der Waals surface area contributed by atoms with Gasteiger partial charge in [0.05, 0.1) is 5.69 Å². The van der Waals surface area contributed by atoms with Crippen molar-refractivity contribution in [1.29, 1.82) is 0 Å². The van der Waals surface area contributed by atoms with Crippen LogP contribution in [0.15, 0.2) is 42.5 Å². The van der Waals surface area contributed by atoms with Gasteiger partial charge in [0.2, 0.25) is 0 Å². The Labute approximate surface area is 178 Å². The van der Waals surface area contributed by atoms with Crippen LogP contribution in [0.2, 0.25) is 0 Å². The third kappa shape index (κ3) is 5.63. The lowest BCUT2D eigenvalue weighted by atomic mass is 10.0. The number of thiazole rings is 1. The number of phenols is 1. The number of carbonyl (C=O) groups excluding carboxylic acids is 1. The van der Waals surface area contributed by atoms with E-state index in [1.54, 1.807) is 37.3 Å². The van der Waals surface area contributed by atoms with E-state index in [2.05, 4.69) is 10.3 Å². The maximum atomic E-state index is 14.2. The van der Waals surface area contributed by atoms with Gasteiger partial charge < -0.3 is 15.2 Å². The number of hydrogen-bond donors (Lipinski definition) is 2. The summed E-state index contributed by atoms with van der Waals surface area (Å²) in [5.74, 6) is -1.47. The summed E-state index contributed by atoms with van der Waals surface area (Å²) in [4.78, 5) is 16.3. The van der Waals surface area contributed by atoms with Crippen LogP contribution >= 0.6 is 11.3 Å². The molecule has 0 spiro atoms. The summed E-state index contributed by atoms with van der Waals surface area (Å²) in [6, 6.07) is 11.0. The molecule has 3 aromatic rings. The van der Waals surface area contributed by atoms with Crippen LogP contribution in [0.4, 0.5) is 13.9 Å². The SMILES string of the molecule is CC(=O)CCCCCNc1nc(-c2ccccc2O)c(Cc2cccc(F)c2F)s1. The van der Waals surface area contributed by atoms with Crippen molar-refractivity contribution in [3.8, 4) is 17.0 Å². The number of benzene rings is 2. The normalized spacial score (nSPS) is 10.9. The standard InChI is InChI=1S/C23H24F2N2O2S/c1-15(28)8-3-2-6-13-26-23-27-22(17-10-4-5-12-19(17)29)20(30-23)14-16-9-7-11-18(24)21(16)25/h4-5,7,9-12,29H,2-3,6,8,13-14H2,1H3,(H,26,27). The molecule has 0 radical (unpaired) electrons. The molecule has 4 nitrogen and oxygen atoms in total. The largest absolute Gasteiger partial charge is 0.507 e. The molecule has 1 aromatic heterocycles. The first-order chi connectivity index (χ1) is 14.5. The van der Waals surface area contributed by atoms with Crippen LogP contribution in [-0.2, 0) is 11.2 Å². The molecule has 1 heterocycles.